The van der Waals surface area contributed by atoms with E-state index in [0.717, 1.165) is 31.2 Å². The van der Waals surface area contributed by atoms with Crippen LogP contribution < -0.4 is 5.32 Å². The summed E-state index contributed by atoms with van der Waals surface area (Å²) < 4.78 is 10.9. The molecule has 0 bridgehead atoms. The van der Waals surface area contributed by atoms with E-state index in [1.54, 1.807) is 0 Å². The van der Waals surface area contributed by atoms with E-state index in [1.165, 1.54) is 0 Å². The Balaban J connectivity index is 1.38. The molecule has 1 N–H and O–H groups in total. The summed E-state index contributed by atoms with van der Waals surface area (Å²) in [7, 11) is 0. The van der Waals surface area contributed by atoms with Crippen molar-refractivity contribution in [3.63, 3.8) is 0 Å². The Hall–Kier alpha value is -2.21. The molecule has 2 atom stereocenters. The van der Waals surface area contributed by atoms with Gasteiger partial charge in [0.1, 0.15) is 0 Å². The molecule has 2 fully saturated rings. The van der Waals surface area contributed by atoms with Crippen LogP contribution in [0.3, 0.4) is 0 Å². The molecule has 4 rings (SSSR count). The molecular formula is C17H19N3O3. The van der Waals surface area contributed by atoms with Gasteiger partial charge in [-0.2, -0.15) is 4.98 Å². The largest absolute Gasteiger partial charge is 0.373 e. The summed E-state index contributed by atoms with van der Waals surface area (Å²) in [6, 6.07) is 10.1. The predicted molar refractivity (Wildman–Crippen MR) is 81.9 cm³/mol. The summed E-state index contributed by atoms with van der Waals surface area (Å²) in [6.45, 7) is 0.627. The highest BCUT2D eigenvalue weighted by Crippen LogP contribution is 2.38. The van der Waals surface area contributed by atoms with Gasteiger partial charge in [-0.3, -0.25) is 4.79 Å². The van der Waals surface area contributed by atoms with Crippen LogP contribution in [0.5, 0.6) is 0 Å². The minimum Gasteiger partial charge on any atom is -0.373 e. The molecule has 2 aromatic rings. The Labute approximate surface area is 134 Å². The van der Waals surface area contributed by atoms with E-state index >= 15 is 0 Å². The topological polar surface area (TPSA) is 77.2 Å². The SMILES string of the molecule is O=C(N[C@@H]1CCO[C@@H](c2ccccc2)C1)c1nc(C2CC2)no1. The quantitative estimate of drug-likeness (QED) is 0.939. The molecular weight excluding hydrogens is 294 g/mol. The Bertz CT molecular complexity index is 681. The fraction of sp³-hybridized carbons (Fsp3) is 0.471. The molecule has 1 aliphatic carbocycles. The molecule has 1 saturated heterocycles. The zero-order chi connectivity index (χ0) is 15.6. The number of hydrogen-bond donors (Lipinski definition) is 1. The van der Waals surface area contributed by atoms with Gasteiger partial charge in [-0.05, 0) is 31.2 Å². The van der Waals surface area contributed by atoms with E-state index in [0.29, 0.717) is 18.3 Å². The van der Waals surface area contributed by atoms with Crippen molar-refractivity contribution in [1.82, 2.24) is 15.5 Å². The van der Waals surface area contributed by atoms with Crippen molar-refractivity contribution in [3.05, 3.63) is 47.6 Å². The van der Waals surface area contributed by atoms with Gasteiger partial charge in [0.2, 0.25) is 0 Å². The Kier molecular flexibility index (Phi) is 3.83. The van der Waals surface area contributed by atoms with E-state index < -0.39 is 0 Å². The van der Waals surface area contributed by atoms with E-state index in [4.69, 9.17) is 9.26 Å². The number of nitrogens with one attached hydrogen (secondary N) is 1. The van der Waals surface area contributed by atoms with Gasteiger partial charge in [0, 0.05) is 18.6 Å². The molecule has 0 unspecified atom stereocenters. The Morgan fingerprint density at radius 1 is 1.17 bits per heavy atom. The third-order valence-corrected chi connectivity index (χ3v) is 4.37. The van der Waals surface area contributed by atoms with Gasteiger partial charge < -0.3 is 14.6 Å². The lowest BCUT2D eigenvalue weighted by atomic mass is 9.97. The molecule has 6 nitrogen and oxygen atoms in total. The van der Waals surface area contributed by atoms with Crippen molar-refractivity contribution >= 4 is 5.91 Å². The first-order valence-corrected chi connectivity index (χ1v) is 8.10. The second-order valence-corrected chi connectivity index (χ2v) is 6.20. The summed E-state index contributed by atoms with van der Waals surface area (Å²) in [4.78, 5) is 16.5. The van der Waals surface area contributed by atoms with E-state index in [2.05, 4.69) is 27.6 Å². The average Bonchev–Trinajstić information content (AvgIpc) is 3.33. The van der Waals surface area contributed by atoms with Crippen LogP contribution in [0.2, 0.25) is 0 Å². The summed E-state index contributed by atoms with van der Waals surface area (Å²) in [6.07, 6.45) is 3.72. The van der Waals surface area contributed by atoms with Crippen LogP contribution in [0.25, 0.3) is 0 Å². The molecule has 1 amide bonds. The van der Waals surface area contributed by atoms with Gasteiger partial charge >= 0.3 is 11.8 Å². The number of hydrogen-bond acceptors (Lipinski definition) is 5. The zero-order valence-corrected chi connectivity index (χ0v) is 12.8. The van der Waals surface area contributed by atoms with Gasteiger partial charge in [-0.1, -0.05) is 35.5 Å². The van der Waals surface area contributed by atoms with Gasteiger partial charge in [0.05, 0.1) is 6.10 Å². The lowest BCUT2D eigenvalue weighted by molar-refractivity contribution is 0.000615. The van der Waals surface area contributed by atoms with E-state index in [1.807, 2.05) is 18.2 Å². The zero-order valence-electron chi connectivity index (χ0n) is 12.8. The highest BCUT2D eigenvalue weighted by atomic mass is 16.5. The first-order chi connectivity index (χ1) is 11.3. The molecule has 1 aliphatic heterocycles. The van der Waals surface area contributed by atoms with Gasteiger partial charge in [-0.25, -0.2) is 0 Å². The minimum atomic E-state index is -0.289. The van der Waals surface area contributed by atoms with Crippen LogP contribution >= 0.6 is 0 Å². The number of carbonyl (C=O) groups is 1. The van der Waals surface area contributed by atoms with Gasteiger partial charge in [-0.15, -0.1) is 0 Å². The maximum absolute atomic E-state index is 12.3. The van der Waals surface area contributed by atoms with Crippen molar-refractivity contribution in [1.29, 1.82) is 0 Å². The van der Waals surface area contributed by atoms with E-state index in [9.17, 15) is 4.79 Å². The van der Waals surface area contributed by atoms with Crippen molar-refractivity contribution in [2.24, 2.45) is 0 Å². The Morgan fingerprint density at radius 3 is 2.78 bits per heavy atom. The molecule has 0 spiro atoms. The number of benzene rings is 1. The highest BCUT2D eigenvalue weighted by molar-refractivity contribution is 5.89. The Morgan fingerprint density at radius 2 is 2.00 bits per heavy atom. The van der Waals surface area contributed by atoms with Crippen LogP contribution in [0.1, 0.15) is 59.8 Å². The first-order valence-electron chi connectivity index (χ1n) is 8.10. The number of rotatable bonds is 4. The van der Waals surface area contributed by atoms with Crippen molar-refractivity contribution in [3.8, 4) is 0 Å². The van der Waals surface area contributed by atoms with Crippen molar-refractivity contribution in [2.45, 2.75) is 43.7 Å². The monoisotopic (exact) mass is 313 g/mol. The maximum Gasteiger partial charge on any atom is 0.315 e. The maximum atomic E-state index is 12.3. The average molecular weight is 313 g/mol. The first kappa shape index (κ1) is 14.4. The number of aromatic nitrogens is 2. The molecule has 23 heavy (non-hydrogen) atoms. The van der Waals surface area contributed by atoms with Crippen LogP contribution in [0.15, 0.2) is 34.9 Å². The molecule has 120 valence electrons. The molecule has 0 radical (unpaired) electrons. The molecule has 1 aromatic heterocycles. The third-order valence-electron chi connectivity index (χ3n) is 4.37. The molecule has 2 heterocycles. The number of carbonyl (C=O) groups excluding carboxylic acids is 1. The van der Waals surface area contributed by atoms with Gasteiger partial charge in [0.25, 0.3) is 0 Å². The minimum absolute atomic E-state index is 0.0139. The lowest BCUT2D eigenvalue weighted by Gasteiger charge is -2.30. The number of amides is 1. The third kappa shape index (κ3) is 3.27. The van der Waals surface area contributed by atoms with Gasteiger partial charge in [0.15, 0.2) is 5.82 Å². The summed E-state index contributed by atoms with van der Waals surface area (Å²) in [5.74, 6) is 0.813. The fourth-order valence-corrected chi connectivity index (χ4v) is 2.91. The normalized spacial score (nSPS) is 24.3. The second kappa shape index (κ2) is 6.12. The van der Waals surface area contributed by atoms with E-state index in [-0.39, 0.29) is 23.9 Å². The fourth-order valence-electron chi connectivity index (χ4n) is 2.91. The number of nitrogens with zero attached hydrogens (tertiary/aromatic N) is 2. The summed E-state index contributed by atoms with van der Waals surface area (Å²) in [5, 5.41) is 6.88. The second-order valence-electron chi connectivity index (χ2n) is 6.20. The summed E-state index contributed by atoms with van der Waals surface area (Å²) >= 11 is 0. The molecule has 2 aliphatic rings. The lowest BCUT2D eigenvalue weighted by Crippen LogP contribution is -2.40. The van der Waals surface area contributed by atoms with Crippen LogP contribution in [0.4, 0.5) is 0 Å². The smallest absolute Gasteiger partial charge is 0.315 e. The standard InChI is InChI=1S/C17H19N3O3/c21-16(17-19-15(20-23-17)12-6-7-12)18-13-8-9-22-14(10-13)11-4-2-1-3-5-11/h1-5,12-14H,6-10H2,(H,18,21)/t13-,14-/m1/s1. The van der Waals surface area contributed by atoms with Crippen LogP contribution in [0, 0.1) is 0 Å². The predicted octanol–water partition coefficient (Wildman–Crippen LogP) is 2.60. The highest BCUT2D eigenvalue weighted by Gasteiger charge is 2.31. The molecule has 6 heteroatoms. The molecule has 1 saturated carbocycles. The van der Waals surface area contributed by atoms with Crippen molar-refractivity contribution < 1.29 is 14.1 Å². The van der Waals surface area contributed by atoms with Crippen LogP contribution in [-0.2, 0) is 4.74 Å². The molecule has 1 aromatic carbocycles. The van der Waals surface area contributed by atoms with Crippen molar-refractivity contribution in [2.75, 3.05) is 6.61 Å². The number of ether oxygens (including phenoxy) is 1. The summed E-state index contributed by atoms with van der Waals surface area (Å²) in [5.41, 5.74) is 1.14. The van der Waals surface area contributed by atoms with Crippen LogP contribution in [-0.4, -0.2) is 28.7 Å².